The van der Waals surface area contributed by atoms with Gasteiger partial charge in [0.05, 0.1) is 31.3 Å². The molecule has 0 radical (unpaired) electrons. The normalized spacial score (nSPS) is 16.4. The van der Waals surface area contributed by atoms with Crippen molar-refractivity contribution < 1.29 is 28.7 Å². The van der Waals surface area contributed by atoms with Gasteiger partial charge in [0.25, 0.3) is 23.6 Å². The molecule has 3 aromatic carbocycles. The van der Waals surface area contributed by atoms with Gasteiger partial charge in [0.15, 0.2) is 0 Å². The molecule has 0 bridgehead atoms. The molecule has 5 rings (SSSR count). The molecule has 37 heavy (non-hydrogen) atoms. The second kappa shape index (κ2) is 9.54. The van der Waals surface area contributed by atoms with Crippen LogP contribution in [0.15, 0.2) is 78.4 Å². The lowest BCUT2D eigenvalue weighted by molar-refractivity contribution is -0.130. The van der Waals surface area contributed by atoms with Gasteiger partial charge in [-0.15, -0.1) is 0 Å². The number of barbiturate groups is 1. The summed E-state index contributed by atoms with van der Waals surface area (Å²) in [7, 11) is 1.46. The first-order valence-electron chi connectivity index (χ1n) is 11.4. The van der Waals surface area contributed by atoms with Crippen molar-refractivity contribution in [1.29, 1.82) is 0 Å². The van der Waals surface area contributed by atoms with Crippen molar-refractivity contribution in [2.24, 2.45) is 0 Å². The standard InChI is InChI=1S/C28H21N3O6/c1-37-23-12-11-18(13-19(23)16-30-25(33)20-9-5-6-10-21(20)26(30)34)14-22-24(32)29-28(36)31(27(22)35)15-17-7-3-2-4-8-17/h2-14H,15-16H2,1H3,(H,29,32,36). The van der Waals surface area contributed by atoms with Crippen LogP contribution in [-0.4, -0.2) is 46.6 Å². The summed E-state index contributed by atoms with van der Waals surface area (Å²) in [6.45, 7) is -0.0605. The topological polar surface area (TPSA) is 113 Å². The number of carbonyl (C=O) groups is 5. The zero-order valence-electron chi connectivity index (χ0n) is 19.8. The molecule has 0 aromatic heterocycles. The summed E-state index contributed by atoms with van der Waals surface area (Å²) in [6.07, 6.45) is 1.37. The van der Waals surface area contributed by atoms with Crippen molar-refractivity contribution in [2.45, 2.75) is 13.1 Å². The second-order valence-corrected chi connectivity index (χ2v) is 8.51. The van der Waals surface area contributed by atoms with Gasteiger partial charge in [-0.1, -0.05) is 48.5 Å². The van der Waals surface area contributed by atoms with Crippen LogP contribution in [0.2, 0.25) is 0 Å². The Morgan fingerprint density at radius 2 is 1.41 bits per heavy atom. The van der Waals surface area contributed by atoms with Crippen molar-refractivity contribution >= 4 is 35.7 Å². The summed E-state index contributed by atoms with van der Waals surface area (Å²) in [5, 5.41) is 2.20. The third kappa shape index (κ3) is 4.38. The van der Waals surface area contributed by atoms with E-state index < -0.39 is 29.7 Å². The van der Waals surface area contributed by atoms with E-state index in [1.807, 2.05) is 6.07 Å². The molecule has 2 heterocycles. The number of benzene rings is 3. The minimum atomic E-state index is -0.808. The van der Waals surface area contributed by atoms with Gasteiger partial charge in [-0.3, -0.25) is 34.3 Å². The van der Waals surface area contributed by atoms with Gasteiger partial charge in [0.2, 0.25) is 0 Å². The van der Waals surface area contributed by atoms with Crippen molar-refractivity contribution in [3.8, 4) is 5.75 Å². The maximum absolute atomic E-state index is 13.1. The highest BCUT2D eigenvalue weighted by atomic mass is 16.5. The van der Waals surface area contributed by atoms with Crippen LogP contribution in [0.25, 0.3) is 6.08 Å². The number of urea groups is 1. The van der Waals surface area contributed by atoms with E-state index in [0.717, 1.165) is 15.4 Å². The van der Waals surface area contributed by atoms with Crippen LogP contribution in [0.1, 0.15) is 37.4 Å². The van der Waals surface area contributed by atoms with Crippen LogP contribution < -0.4 is 10.1 Å². The number of amides is 6. The monoisotopic (exact) mass is 495 g/mol. The summed E-state index contributed by atoms with van der Waals surface area (Å²) in [5.74, 6) is -1.93. The molecule has 2 aliphatic heterocycles. The highest BCUT2D eigenvalue weighted by Crippen LogP contribution is 2.29. The molecule has 1 saturated heterocycles. The van der Waals surface area contributed by atoms with E-state index in [0.29, 0.717) is 28.0 Å². The molecule has 9 heteroatoms. The third-order valence-corrected chi connectivity index (χ3v) is 6.19. The van der Waals surface area contributed by atoms with E-state index in [9.17, 15) is 24.0 Å². The molecule has 3 aromatic rings. The fraction of sp³-hybridized carbons (Fsp3) is 0.107. The Bertz CT molecular complexity index is 1460. The summed E-state index contributed by atoms with van der Waals surface area (Å²) in [6, 6.07) is 19.6. The molecule has 0 unspecified atom stereocenters. The summed E-state index contributed by atoms with van der Waals surface area (Å²) in [5.41, 5.74) is 2.14. The van der Waals surface area contributed by atoms with Crippen molar-refractivity contribution in [3.05, 3.63) is 106 Å². The number of ether oxygens (including phenoxy) is 1. The van der Waals surface area contributed by atoms with Gasteiger partial charge in [0, 0.05) is 5.56 Å². The lowest BCUT2D eigenvalue weighted by atomic mass is 10.0. The van der Waals surface area contributed by atoms with Gasteiger partial charge in [-0.25, -0.2) is 4.79 Å². The number of carbonyl (C=O) groups excluding carboxylic acids is 5. The molecular weight excluding hydrogens is 474 g/mol. The molecule has 6 amide bonds. The van der Waals surface area contributed by atoms with E-state index >= 15 is 0 Å². The molecule has 184 valence electrons. The number of rotatable bonds is 6. The fourth-order valence-corrected chi connectivity index (χ4v) is 4.34. The second-order valence-electron chi connectivity index (χ2n) is 8.51. The molecule has 1 N–H and O–H groups in total. The lowest BCUT2D eigenvalue weighted by Crippen LogP contribution is -2.53. The van der Waals surface area contributed by atoms with Gasteiger partial charge in [0.1, 0.15) is 11.3 Å². The highest BCUT2D eigenvalue weighted by molar-refractivity contribution is 6.31. The lowest BCUT2D eigenvalue weighted by Gasteiger charge is -2.26. The van der Waals surface area contributed by atoms with E-state index in [2.05, 4.69) is 5.32 Å². The molecule has 0 saturated carbocycles. The largest absolute Gasteiger partial charge is 0.496 e. The van der Waals surface area contributed by atoms with Crippen LogP contribution in [0.5, 0.6) is 5.75 Å². The van der Waals surface area contributed by atoms with Crippen LogP contribution in [0.4, 0.5) is 4.79 Å². The van der Waals surface area contributed by atoms with Crippen LogP contribution in [-0.2, 0) is 22.7 Å². The molecular formula is C28H21N3O6. The Morgan fingerprint density at radius 3 is 2.05 bits per heavy atom. The summed E-state index contributed by atoms with van der Waals surface area (Å²) in [4.78, 5) is 65.8. The Kier molecular flexibility index (Phi) is 6.10. The van der Waals surface area contributed by atoms with Gasteiger partial charge >= 0.3 is 6.03 Å². The smallest absolute Gasteiger partial charge is 0.331 e. The number of methoxy groups -OCH3 is 1. The molecule has 2 aliphatic rings. The third-order valence-electron chi connectivity index (χ3n) is 6.19. The first-order valence-corrected chi connectivity index (χ1v) is 11.4. The average molecular weight is 495 g/mol. The van der Waals surface area contributed by atoms with Gasteiger partial charge in [-0.05, 0) is 41.5 Å². The minimum absolute atomic E-state index is 0.00370. The van der Waals surface area contributed by atoms with E-state index in [1.165, 1.54) is 13.2 Å². The molecule has 0 aliphatic carbocycles. The fourth-order valence-electron chi connectivity index (χ4n) is 4.34. The summed E-state index contributed by atoms with van der Waals surface area (Å²) < 4.78 is 5.42. The molecule has 0 atom stereocenters. The molecule has 1 fully saturated rings. The van der Waals surface area contributed by atoms with Gasteiger partial charge < -0.3 is 4.74 Å². The Balaban J connectivity index is 1.44. The van der Waals surface area contributed by atoms with Gasteiger partial charge in [-0.2, -0.15) is 0 Å². The Hall–Kier alpha value is -5.05. The van der Waals surface area contributed by atoms with Crippen LogP contribution >= 0.6 is 0 Å². The number of imide groups is 3. The maximum atomic E-state index is 13.1. The van der Waals surface area contributed by atoms with Crippen molar-refractivity contribution in [1.82, 2.24) is 15.1 Å². The number of hydrogen-bond donors (Lipinski definition) is 1. The average Bonchev–Trinajstić information content (AvgIpc) is 3.14. The van der Waals surface area contributed by atoms with Crippen molar-refractivity contribution in [3.63, 3.8) is 0 Å². The quantitative estimate of drug-likeness (QED) is 0.319. The first-order chi connectivity index (χ1) is 17.9. The zero-order chi connectivity index (χ0) is 26.1. The minimum Gasteiger partial charge on any atom is -0.496 e. The number of fused-ring (bicyclic) bond motifs is 1. The van der Waals surface area contributed by atoms with Crippen LogP contribution in [0, 0.1) is 0 Å². The first kappa shape index (κ1) is 23.7. The highest BCUT2D eigenvalue weighted by Gasteiger charge is 2.37. The Labute approximate surface area is 211 Å². The zero-order valence-corrected chi connectivity index (χ0v) is 19.8. The number of nitrogens with one attached hydrogen (secondary N) is 1. The maximum Gasteiger partial charge on any atom is 0.331 e. The SMILES string of the molecule is COc1ccc(C=C2C(=O)NC(=O)N(Cc3ccccc3)C2=O)cc1CN1C(=O)c2ccccc2C1=O. The van der Waals surface area contributed by atoms with E-state index in [4.69, 9.17) is 4.74 Å². The molecule has 9 nitrogen and oxygen atoms in total. The van der Waals surface area contributed by atoms with E-state index in [-0.39, 0.29) is 18.7 Å². The Morgan fingerprint density at radius 1 is 0.757 bits per heavy atom. The predicted octanol–water partition coefficient (Wildman–Crippen LogP) is 3.15. The van der Waals surface area contributed by atoms with E-state index in [1.54, 1.807) is 66.7 Å². The number of hydrogen-bond acceptors (Lipinski definition) is 6. The van der Waals surface area contributed by atoms with Crippen molar-refractivity contribution in [2.75, 3.05) is 7.11 Å². The predicted molar refractivity (Wildman–Crippen MR) is 132 cm³/mol. The van der Waals surface area contributed by atoms with Crippen LogP contribution in [0.3, 0.4) is 0 Å². The number of nitrogens with zero attached hydrogens (tertiary/aromatic N) is 2. The molecule has 0 spiro atoms. The summed E-state index contributed by atoms with van der Waals surface area (Å²) >= 11 is 0.